The van der Waals surface area contributed by atoms with Crippen LogP contribution in [0.1, 0.15) is 18.9 Å². The lowest BCUT2D eigenvalue weighted by molar-refractivity contribution is -0.120. The number of carbonyl (C=O) groups is 2. The Hall–Kier alpha value is -2.77. The molecule has 0 aliphatic rings. The van der Waals surface area contributed by atoms with E-state index in [1.165, 1.54) is 14.2 Å². The SMILES string of the molecule is COc1ccc(CC(=O)N/N=C(/C)CC(=O)Nc2cc(Cl)ccc2Cl)cc1OC. The molecule has 0 aliphatic heterocycles. The largest absolute Gasteiger partial charge is 0.493 e. The van der Waals surface area contributed by atoms with E-state index in [9.17, 15) is 9.59 Å². The summed E-state index contributed by atoms with van der Waals surface area (Å²) in [5, 5.41) is 7.45. The van der Waals surface area contributed by atoms with Gasteiger partial charge in [0.25, 0.3) is 0 Å². The lowest BCUT2D eigenvalue weighted by Crippen LogP contribution is -2.23. The first kappa shape index (κ1) is 22.5. The van der Waals surface area contributed by atoms with E-state index in [4.69, 9.17) is 32.7 Å². The fourth-order valence-electron chi connectivity index (χ4n) is 2.43. The minimum atomic E-state index is -0.329. The number of methoxy groups -OCH3 is 2. The number of ether oxygens (including phenoxy) is 2. The van der Waals surface area contributed by atoms with Crippen molar-refractivity contribution in [2.75, 3.05) is 19.5 Å². The Kier molecular flexibility index (Phi) is 8.30. The zero-order valence-corrected chi connectivity index (χ0v) is 17.7. The normalized spacial score (nSPS) is 11.0. The molecular weight excluding hydrogens is 417 g/mol. The number of nitrogens with zero attached hydrogens (tertiary/aromatic N) is 1. The maximum Gasteiger partial charge on any atom is 0.244 e. The Bertz CT molecular complexity index is 932. The van der Waals surface area contributed by atoms with Gasteiger partial charge in [-0.3, -0.25) is 9.59 Å². The number of nitrogens with one attached hydrogen (secondary N) is 2. The molecule has 154 valence electrons. The van der Waals surface area contributed by atoms with Crippen LogP contribution >= 0.6 is 23.2 Å². The monoisotopic (exact) mass is 437 g/mol. The average molecular weight is 438 g/mol. The summed E-state index contributed by atoms with van der Waals surface area (Å²) in [6.45, 7) is 1.63. The van der Waals surface area contributed by atoms with Crippen molar-refractivity contribution in [2.24, 2.45) is 5.10 Å². The molecule has 0 fully saturated rings. The predicted octanol–water partition coefficient (Wildman–Crippen LogP) is 4.07. The van der Waals surface area contributed by atoms with Crippen molar-refractivity contribution in [3.05, 3.63) is 52.0 Å². The van der Waals surface area contributed by atoms with Crippen molar-refractivity contribution in [3.8, 4) is 11.5 Å². The Morgan fingerprint density at radius 1 is 1.00 bits per heavy atom. The number of amides is 2. The van der Waals surface area contributed by atoms with Crippen molar-refractivity contribution < 1.29 is 19.1 Å². The number of rotatable bonds is 8. The van der Waals surface area contributed by atoms with Crippen LogP contribution in [0.3, 0.4) is 0 Å². The zero-order chi connectivity index (χ0) is 21.4. The third-order valence-electron chi connectivity index (χ3n) is 3.80. The predicted molar refractivity (Wildman–Crippen MR) is 114 cm³/mol. The topological polar surface area (TPSA) is 89.0 Å². The highest BCUT2D eigenvalue weighted by atomic mass is 35.5. The van der Waals surface area contributed by atoms with Crippen LogP contribution in [0.25, 0.3) is 0 Å². The molecule has 7 nitrogen and oxygen atoms in total. The zero-order valence-electron chi connectivity index (χ0n) is 16.2. The van der Waals surface area contributed by atoms with Gasteiger partial charge in [0.2, 0.25) is 11.8 Å². The molecule has 2 N–H and O–H groups in total. The van der Waals surface area contributed by atoms with Crippen molar-refractivity contribution in [1.29, 1.82) is 0 Å². The summed E-state index contributed by atoms with van der Waals surface area (Å²) in [7, 11) is 3.06. The van der Waals surface area contributed by atoms with Crippen LogP contribution in [0.4, 0.5) is 5.69 Å². The molecule has 0 saturated heterocycles. The van der Waals surface area contributed by atoms with Gasteiger partial charge in [0, 0.05) is 10.7 Å². The van der Waals surface area contributed by atoms with Gasteiger partial charge in [-0.05, 0) is 42.8 Å². The van der Waals surface area contributed by atoms with E-state index in [0.717, 1.165) is 5.56 Å². The molecule has 0 atom stereocenters. The van der Waals surface area contributed by atoms with Crippen molar-refractivity contribution >= 4 is 46.4 Å². The number of hydrogen-bond acceptors (Lipinski definition) is 5. The van der Waals surface area contributed by atoms with Crippen molar-refractivity contribution in [3.63, 3.8) is 0 Å². The summed E-state index contributed by atoms with van der Waals surface area (Å²) in [6.07, 6.45) is 0.0843. The van der Waals surface area contributed by atoms with E-state index in [1.54, 1.807) is 43.3 Å². The first-order chi connectivity index (χ1) is 13.8. The summed E-state index contributed by atoms with van der Waals surface area (Å²) < 4.78 is 10.4. The number of hydrogen-bond donors (Lipinski definition) is 2. The summed E-state index contributed by atoms with van der Waals surface area (Å²) in [4.78, 5) is 24.2. The van der Waals surface area contributed by atoms with Crippen LogP contribution in [0.15, 0.2) is 41.5 Å². The van der Waals surface area contributed by atoms with Crippen LogP contribution in [-0.2, 0) is 16.0 Å². The lowest BCUT2D eigenvalue weighted by atomic mass is 10.1. The Balaban J connectivity index is 1.89. The minimum absolute atomic E-state index is 0.0144. The molecule has 0 aliphatic carbocycles. The van der Waals surface area contributed by atoms with E-state index in [-0.39, 0.29) is 24.7 Å². The van der Waals surface area contributed by atoms with E-state index in [0.29, 0.717) is 32.9 Å². The highest BCUT2D eigenvalue weighted by Gasteiger charge is 2.10. The van der Waals surface area contributed by atoms with Gasteiger partial charge in [-0.2, -0.15) is 5.10 Å². The van der Waals surface area contributed by atoms with E-state index >= 15 is 0 Å². The summed E-state index contributed by atoms with van der Waals surface area (Å²) in [6, 6.07) is 9.98. The molecule has 0 bridgehead atoms. The second-order valence-corrected chi connectivity index (χ2v) is 6.94. The summed E-state index contributed by atoms with van der Waals surface area (Å²) in [5.74, 6) is 0.463. The molecule has 2 amide bonds. The van der Waals surface area contributed by atoms with Gasteiger partial charge in [-0.15, -0.1) is 0 Å². The van der Waals surface area contributed by atoms with Gasteiger partial charge in [-0.1, -0.05) is 29.3 Å². The molecule has 2 aromatic rings. The minimum Gasteiger partial charge on any atom is -0.493 e. The molecular formula is C20H21Cl2N3O4. The van der Waals surface area contributed by atoms with Crippen LogP contribution in [0, 0.1) is 0 Å². The lowest BCUT2D eigenvalue weighted by Gasteiger charge is -2.09. The highest BCUT2D eigenvalue weighted by molar-refractivity contribution is 6.35. The van der Waals surface area contributed by atoms with E-state index < -0.39 is 0 Å². The second-order valence-electron chi connectivity index (χ2n) is 6.10. The smallest absolute Gasteiger partial charge is 0.244 e. The molecule has 0 spiro atoms. The fourth-order valence-corrected chi connectivity index (χ4v) is 2.77. The number of anilines is 1. The van der Waals surface area contributed by atoms with Gasteiger partial charge in [0.1, 0.15) is 0 Å². The van der Waals surface area contributed by atoms with Crippen LogP contribution in [0.5, 0.6) is 11.5 Å². The van der Waals surface area contributed by atoms with Gasteiger partial charge >= 0.3 is 0 Å². The van der Waals surface area contributed by atoms with Crippen molar-refractivity contribution in [2.45, 2.75) is 19.8 Å². The molecule has 0 heterocycles. The standard InChI is InChI=1S/C20H21Cl2N3O4/c1-12(8-19(26)23-16-11-14(21)5-6-15(16)22)24-25-20(27)10-13-4-7-17(28-2)18(9-13)29-3/h4-7,9,11H,8,10H2,1-3H3,(H,23,26)(H,25,27)/b24-12-. The van der Waals surface area contributed by atoms with Gasteiger partial charge in [0.15, 0.2) is 11.5 Å². The summed E-state index contributed by atoms with van der Waals surface area (Å²) in [5.41, 5.74) is 4.02. The quantitative estimate of drug-likeness (QED) is 0.480. The second kappa shape index (κ2) is 10.7. The number of carbonyl (C=O) groups excluding carboxylic acids is 2. The molecule has 0 saturated carbocycles. The van der Waals surface area contributed by atoms with Crippen LogP contribution in [0.2, 0.25) is 10.0 Å². The molecule has 0 unspecified atom stereocenters. The first-order valence-electron chi connectivity index (χ1n) is 8.60. The number of halogens is 2. The fraction of sp³-hybridized carbons (Fsp3) is 0.250. The third kappa shape index (κ3) is 6.96. The maximum atomic E-state index is 12.1. The molecule has 2 aromatic carbocycles. The molecule has 2 rings (SSSR count). The Morgan fingerprint density at radius 3 is 2.41 bits per heavy atom. The van der Waals surface area contributed by atoms with Crippen molar-refractivity contribution in [1.82, 2.24) is 5.43 Å². The average Bonchev–Trinajstić information content (AvgIpc) is 2.69. The third-order valence-corrected chi connectivity index (χ3v) is 4.37. The molecule has 0 aromatic heterocycles. The Labute approximate surface area is 179 Å². The Morgan fingerprint density at radius 2 is 1.72 bits per heavy atom. The van der Waals surface area contributed by atoms with Gasteiger partial charge in [0.05, 0.1) is 37.8 Å². The van der Waals surface area contributed by atoms with E-state index in [1.807, 2.05) is 0 Å². The van der Waals surface area contributed by atoms with Gasteiger partial charge in [-0.25, -0.2) is 5.43 Å². The summed E-state index contributed by atoms with van der Waals surface area (Å²) >= 11 is 11.9. The molecule has 9 heteroatoms. The van der Waals surface area contributed by atoms with E-state index in [2.05, 4.69) is 15.8 Å². The number of hydrazone groups is 1. The van der Waals surface area contributed by atoms with Crippen LogP contribution in [-0.4, -0.2) is 31.7 Å². The molecule has 0 radical (unpaired) electrons. The highest BCUT2D eigenvalue weighted by Crippen LogP contribution is 2.28. The maximum absolute atomic E-state index is 12.1. The first-order valence-corrected chi connectivity index (χ1v) is 9.35. The van der Waals surface area contributed by atoms with Crippen LogP contribution < -0.4 is 20.2 Å². The number of benzene rings is 2. The molecule has 29 heavy (non-hydrogen) atoms. The van der Waals surface area contributed by atoms with Gasteiger partial charge < -0.3 is 14.8 Å².